The van der Waals surface area contributed by atoms with Gasteiger partial charge in [-0.1, -0.05) is 12.8 Å². The third-order valence-electron chi connectivity index (χ3n) is 3.32. The second-order valence-corrected chi connectivity index (χ2v) is 4.69. The summed E-state index contributed by atoms with van der Waals surface area (Å²) in [5, 5.41) is 0. The molecule has 2 heterocycles. The largest absolute Gasteiger partial charge is 0.345 e. The van der Waals surface area contributed by atoms with Crippen molar-refractivity contribution >= 4 is 5.91 Å². The second kappa shape index (κ2) is 5.87. The molecule has 4 nitrogen and oxygen atoms in total. The highest BCUT2D eigenvalue weighted by Crippen LogP contribution is 2.10. The number of amides is 1. The molecule has 0 aromatic carbocycles. The standard InChI is InChI=1S/C13H21N3O/c14-9-12-5-8-15(10-12)11-13(17)16-6-3-1-2-4-7-16/h5,8,10H,1-4,6-7,9,11,14H2. The minimum Gasteiger partial charge on any atom is -0.345 e. The van der Waals surface area contributed by atoms with Gasteiger partial charge >= 0.3 is 0 Å². The summed E-state index contributed by atoms with van der Waals surface area (Å²) >= 11 is 0. The Hall–Kier alpha value is -1.29. The lowest BCUT2D eigenvalue weighted by Crippen LogP contribution is -2.34. The molecule has 0 spiro atoms. The molecule has 1 aliphatic heterocycles. The predicted molar refractivity (Wildman–Crippen MR) is 67.4 cm³/mol. The summed E-state index contributed by atoms with van der Waals surface area (Å²) in [6.45, 7) is 2.82. The molecule has 2 rings (SSSR count). The zero-order valence-electron chi connectivity index (χ0n) is 10.3. The van der Waals surface area contributed by atoms with Gasteiger partial charge in [0.05, 0.1) is 0 Å². The molecule has 2 N–H and O–H groups in total. The zero-order chi connectivity index (χ0) is 12.1. The molecule has 0 bridgehead atoms. The van der Waals surface area contributed by atoms with Crippen LogP contribution in [0, 0.1) is 0 Å². The molecule has 0 saturated carbocycles. The van der Waals surface area contributed by atoms with Crippen LogP contribution < -0.4 is 5.73 Å². The number of likely N-dealkylation sites (tertiary alicyclic amines) is 1. The van der Waals surface area contributed by atoms with Gasteiger partial charge in [-0.2, -0.15) is 0 Å². The third-order valence-corrected chi connectivity index (χ3v) is 3.32. The van der Waals surface area contributed by atoms with E-state index < -0.39 is 0 Å². The molecule has 0 atom stereocenters. The first-order chi connectivity index (χ1) is 8.29. The van der Waals surface area contributed by atoms with E-state index in [0.717, 1.165) is 31.5 Å². The van der Waals surface area contributed by atoms with Crippen molar-refractivity contribution < 1.29 is 4.79 Å². The van der Waals surface area contributed by atoms with Crippen molar-refractivity contribution in [1.82, 2.24) is 9.47 Å². The van der Waals surface area contributed by atoms with Crippen LogP contribution in [0.15, 0.2) is 18.5 Å². The van der Waals surface area contributed by atoms with Crippen LogP contribution in [0.1, 0.15) is 31.2 Å². The average molecular weight is 235 g/mol. The van der Waals surface area contributed by atoms with Gasteiger partial charge in [-0.3, -0.25) is 4.79 Å². The summed E-state index contributed by atoms with van der Waals surface area (Å²) in [7, 11) is 0. The van der Waals surface area contributed by atoms with Gasteiger partial charge in [0.25, 0.3) is 0 Å². The van der Waals surface area contributed by atoms with Crippen LogP contribution in [0.25, 0.3) is 0 Å². The van der Waals surface area contributed by atoms with Crippen molar-refractivity contribution in [1.29, 1.82) is 0 Å². The molecule has 1 aliphatic rings. The SMILES string of the molecule is NCc1ccn(CC(=O)N2CCCCCC2)c1. The molecule has 0 unspecified atom stereocenters. The molecule has 4 heteroatoms. The third kappa shape index (κ3) is 3.33. The maximum atomic E-state index is 12.1. The first kappa shape index (κ1) is 12.2. The molecule has 0 radical (unpaired) electrons. The van der Waals surface area contributed by atoms with Crippen LogP contribution in [0.5, 0.6) is 0 Å². The number of carbonyl (C=O) groups is 1. The topological polar surface area (TPSA) is 51.3 Å². The van der Waals surface area contributed by atoms with Gasteiger partial charge < -0.3 is 15.2 Å². The van der Waals surface area contributed by atoms with Gasteiger partial charge in [0.15, 0.2) is 0 Å². The van der Waals surface area contributed by atoms with Gasteiger partial charge in [-0.05, 0) is 24.5 Å². The Bertz CT molecular complexity index is 364. The molecule has 1 aromatic heterocycles. The van der Waals surface area contributed by atoms with Crippen LogP contribution in [-0.2, 0) is 17.9 Å². The van der Waals surface area contributed by atoms with Crippen LogP contribution in [0.2, 0.25) is 0 Å². The van der Waals surface area contributed by atoms with E-state index in [2.05, 4.69) is 0 Å². The number of rotatable bonds is 3. The monoisotopic (exact) mass is 235 g/mol. The van der Waals surface area contributed by atoms with E-state index in [1.54, 1.807) is 0 Å². The molecule has 17 heavy (non-hydrogen) atoms. The number of hydrogen-bond donors (Lipinski definition) is 1. The highest BCUT2D eigenvalue weighted by Gasteiger charge is 2.15. The van der Waals surface area contributed by atoms with Gasteiger partial charge in [0.1, 0.15) is 6.54 Å². The van der Waals surface area contributed by atoms with Gasteiger partial charge in [-0.25, -0.2) is 0 Å². The molecule has 1 saturated heterocycles. The Kier molecular flexibility index (Phi) is 4.20. The maximum absolute atomic E-state index is 12.1. The minimum atomic E-state index is 0.228. The van der Waals surface area contributed by atoms with E-state index in [0.29, 0.717) is 13.1 Å². The normalized spacial score (nSPS) is 16.9. The van der Waals surface area contributed by atoms with Crippen LogP contribution in [-0.4, -0.2) is 28.5 Å². The Labute approximate surface area is 102 Å². The van der Waals surface area contributed by atoms with E-state index in [1.807, 2.05) is 27.9 Å². The van der Waals surface area contributed by atoms with Crippen LogP contribution in [0.4, 0.5) is 0 Å². The fraction of sp³-hybridized carbons (Fsp3) is 0.615. The summed E-state index contributed by atoms with van der Waals surface area (Å²) in [5.74, 6) is 0.228. The van der Waals surface area contributed by atoms with Gasteiger partial charge in [0, 0.05) is 32.0 Å². The lowest BCUT2D eigenvalue weighted by molar-refractivity contribution is -0.131. The summed E-state index contributed by atoms with van der Waals surface area (Å²) in [6, 6.07) is 1.97. The molecule has 1 amide bonds. The Morgan fingerprint density at radius 3 is 2.53 bits per heavy atom. The quantitative estimate of drug-likeness (QED) is 0.859. The second-order valence-electron chi connectivity index (χ2n) is 4.69. The van der Waals surface area contributed by atoms with E-state index >= 15 is 0 Å². The molecule has 1 fully saturated rings. The molecular formula is C13H21N3O. The van der Waals surface area contributed by atoms with Gasteiger partial charge in [0.2, 0.25) is 5.91 Å². The first-order valence-corrected chi connectivity index (χ1v) is 6.42. The van der Waals surface area contributed by atoms with Crippen molar-refractivity contribution in [3.05, 3.63) is 24.0 Å². The lowest BCUT2D eigenvalue weighted by atomic mass is 10.2. The predicted octanol–water partition coefficient (Wildman–Crippen LogP) is 1.35. The van der Waals surface area contributed by atoms with Crippen LogP contribution in [0.3, 0.4) is 0 Å². The summed E-state index contributed by atoms with van der Waals surface area (Å²) in [4.78, 5) is 14.1. The fourth-order valence-corrected chi connectivity index (χ4v) is 2.29. The highest BCUT2D eigenvalue weighted by molar-refractivity contribution is 5.76. The van der Waals surface area contributed by atoms with Crippen molar-refractivity contribution in [2.75, 3.05) is 13.1 Å². The zero-order valence-corrected chi connectivity index (χ0v) is 10.3. The van der Waals surface area contributed by atoms with Crippen molar-refractivity contribution in [2.45, 2.75) is 38.8 Å². The summed E-state index contributed by atoms with van der Waals surface area (Å²) < 4.78 is 1.93. The van der Waals surface area contributed by atoms with E-state index in [9.17, 15) is 4.79 Å². The first-order valence-electron chi connectivity index (χ1n) is 6.42. The van der Waals surface area contributed by atoms with E-state index in [4.69, 9.17) is 5.73 Å². The smallest absolute Gasteiger partial charge is 0.242 e. The summed E-state index contributed by atoms with van der Waals surface area (Å²) in [5.41, 5.74) is 6.63. The van der Waals surface area contributed by atoms with E-state index in [1.165, 1.54) is 12.8 Å². The Balaban J connectivity index is 1.90. The average Bonchev–Trinajstić information content (AvgIpc) is 2.62. The van der Waals surface area contributed by atoms with Gasteiger partial charge in [-0.15, -0.1) is 0 Å². The number of hydrogen-bond acceptors (Lipinski definition) is 2. The molecular weight excluding hydrogens is 214 g/mol. The van der Waals surface area contributed by atoms with Crippen LogP contribution >= 0.6 is 0 Å². The number of nitrogens with zero attached hydrogens (tertiary/aromatic N) is 2. The minimum absolute atomic E-state index is 0.228. The number of aromatic nitrogens is 1. The maximum Gasteiger partial charge on any atom is 0.242 e. The Morgan fingerprint density at radius 1 is 1.24 bits per heavy atom. The molecule has 1 aromatic rings. The molecule has 94 valence electrons. The van der Waals surface area contributed by atoms with Crippen molar-refractivity contribution in [3.63, 3.8) is 0 Å². The van der Waals surface area contributed by atoms with Crippen molar-refractivity contribution in [2.24, 2.45) is 5.73 Å². The van der Waals surface area contributed by atoms with E-state index in [-0.39, 0.29) is 5.91 Å². The van der Waals surface area contributed by atoms with Crippen molar-refractivity contribution in [3.8, 4) is 0 Å². The number of nitrogens with two attached hydrogens (primary N) is 1. The molecule has 0 aliphatic carbocycles. The Morgan fingerprint density at radius 2 is 1.94 bits per heavy atom. The lowest BCUT2D eigenvalue weighted by Gasteiger charge is -2.20. The fourth-order valence-electron chi connectivity index (χ4n) is 2.29. The highest BCUT2D eigenvalue weighted by atomic mass is 16.2. The number of carbonyl (C=O) groups excluding carboxylic acids is 1. The summed E-state index contributed by atoms with van der Waals surface area (Å²) in [6.07, 6.45) is 8.68.